The Kier molecular flexibility index (Phi) is 8.75. The van der Waals surface area contributed by atoms with Crippen LogP contribution in [0.3, 0.4) is 0 Å². The van der Waals surface area contributed by atoms with Crippen molar-refractivity contribution in [1.29, 1.82) is 0 Å². The summed E-state index contributed by atoms with van der Waals surface area (Å²) >= 11 is 0. The number of benzene rings is 1. The van der Waals surface area contributed by atoms with Gasteiger partial charge in [0.1, 0.15) is 0 Å². The summed E-state index contributed by atoms with van der Waals surface area (Å²) in [6.07, 6.45) is 0.913. The minimum Gasteiger partial charge on any atom is -0.383 e. The number of methoxy groups -OCH3 is 1. The average molecular weight is 320 g/mol. The van der Waals surface area contributed by atoms with Crippen LogP contribution >= 0.6 is 0 Å². The monoisotopic (exact) mass is 320 g/mol. The maximum absolute atomic E-state index is 12.2. The van der Waals surface area contributed by atoms with Crippen LogP contribution in [0.1, 0.15) is 36.2 Å². The fraction of sp³-hybridized carbons (Fsp3) is 0.529. The Morgan fingerprint density at radius 3 is 2.78 bits per heavy atom. The highest BCUT2D eigenvalue weighted by Gasteiger charge is 2.09. The highest BCUT2D eigenvalue weighted by atomic mass is 16.5. The minimum atomic E-state index is -0.0381. The summed E-state index contributed by atoms with van der Waals surface area (Å²) in [6, 6.07) is 7.77. The second-order valence-electron chi connectivity index (χ2n) is 5.33. The molecule has 6 heteroatoms. The molecular formula is C17H28N4O2. The van der Waals surface area contributed by atoms with Gasteiger partial charge in [0.2, 0.25) is 0 Å². The Bertz CT molecular complexity index is 517. The van der Waals surface area contributed by atoms with Crippen molar-refractivity contribution in [3.8, 4) is 0 Å². The first kappa shape index (κ1) is 19.0. The predicted octanol–water partition coefficient (Wildman–Crippen LogP) is 1.53. The molecule has 0 saturated heterocycles. The van der Waals surface area contributed by atoms with Crippen molar-refractivity contribution in [3.05, 3.63) is 35.4 Å². The number of guanidine groups is 1. The molecule has 1 aromatic rings. The number of carbonyl (C=O) groups excluding carboxylic acids is 1. The maximum Gasteiger partial charge on any atom is 0.251 e. The van der Waals surface area contributed by atoms with Gasteiger partial charge in [-0.3, -0.25) is 9.79 Å². The number of nitrogens with one attached hydrogen (secondary N) is 3. The van der Waals surface area contributed by atoms with Crippen molar-refractivity contribution in [2.75, 3.05) is 27.3 Å². The molecule has 0 spiro atoms. The molecule has 1 amide bonds. The molecule has 23 heavy (non-hydrogen) atoms. The van der Waals surface area contributed by atoms with E-state index in [0.29, 0.717) is 31.2 Å². The largest absolute Gasteiger partial charge is 0.383 e. The molecule has 0 bridgehead atoms. The summed E-state index contributed by atoms with van der Waals surface area (Å²) in [4.78, 5) is 16.3. The molecule has 0 radical (unpaired) electrons. The van der Waals surface area contributed by atoms with Crippen LogP contribution in [0.25, 0.3) is 0 Å². The molecular weight excluding hydrogens is 292 g/mol. The highest BCUT2D eigenvalue weighted by Crippen LogP contribution is 2.06. The van der Waals surface area contributed by atoms with E-state index in [1.165, 1.54) is 0 Å². The zero-order valence-corrected chi connectivity index (χ0v) is 14.5. The molecule has 0 aromatic heterocycles. The van der Waals surface area contributed by atoms with Crippen LogP contribution in [0.4, 0.5) is 0 Å². The number of rotatable bonds is 8. The molecule has 0 fully saturated rings. The van der Waals surface area contributed by atoms with E-state index in [1.807, 2.05) is 38.1 Å². The third kappa shape index (κ3) is 7.15. The predicted molar refractivity (Wildman–Crippen MR) is 93.7 cm³/mol. The van der Waals surface area contributed by atoms with Gasteiger partial charge >= 0.3 is 0 Å². The van der Waals surface area contributed by atoms with Crippen LogP contribution < -0.4 is 16.0 Å². The van der Waals surface area contributed by atoms with Crippen LogP contribution in [-0.2, 0) is 11.3 Å². The molecule has 0 aliphatic rings. The van der Waals surface area contributed by atoms with E-state index in [1.54, 1.807) is 14.2 Å². The summed E-state index contributed by atoms with van der Waals surface area (Å²) in [6.45, 7) is 5.95. The van der Waals surface area contributed by atoms with Gasteiger partial charge in [0.15, 0.2) is 5.96 Å². The molecule has 1 rings (SSSR count). The average Bonchev–Trinajstić information content (AvgIpc) is 2.58. The van der Waals surface area contributed by atoms with Crippen molar-refractivity contribution in [1.82, 2.24) is 16.0 Å². The van der Waals surface area contributed by atoms with Gasteiger partial charge in [-0.2, -0.15) is 0 Å². The third-order valence-corrected chi connectivity index (χ3v) is 3.46. The van der Waals surface area contributed by atoms with Crippen LogP contribution in [0.5, 0.6) is 0 Å². The quantitative estimate of drug-likeness (QED) is 0.386. The number of nitrogens with zero attached hydrogens (tertiary/aromatic N) is 1. The summed E-state index contributed by atoms with van der Waals surface area (Å²) < 4.78 is 4.99. The lowest BCUT2D eigenvalue weighted by Crippen LogP contribution is -2.38. The van der Waals surface area contributed by atoms with Crippen LogP contribution in [0.2, 0.25) is 0 Å². The Morgan fingerprint density at radius 1 is 1.35 bits per heavy atom. The molecule has 0 heterocycles. The van der Waals surface area contributed by atoms with Crippen molar-refractivity contribution in [3.63, 3.8) is 0 Å². The van der Waals surface area contributed by atoms with E-state index in [9.17, 15) is 4.79 Å². The second-order valence-corrected chi connectivity index (χ2v) is 5.33. The number of hydrogen-bond acceptors (Lipinski definition) is 3. The molecule has 0 aliphatic heterocycles. The highest BCUT2D eigenvalue weighted by molar-refractivity contribution is 5.94. The summed E-state index contributed by atoms with van der Waals surface area (Å²) in [5.41, 5.74) is 1.70. The summed E-state index contributed by atoms with van der Waals surface area (Å²) in [5.74, 6) is 0.667. The fourth-order valence-corrected chi connectivity index (χ4v) is 1.91. The van der Waals surface area contributed by atoms with E-state index in [2.05, 4.69) is 20.9 Å². The topological polar surface area (TPSA) is 74.8 Å². The molecule has 0 aliphatic carbocycles. The summed E-state index contributed by atoms with van der Waals surface area (Å²) in [5, 5.41) is 9.33. The number of hydrogen-bond donors (Lipinski definition) is 3. The standard InChI is InChI=1S/C17H28N4O2/c1-5-13(2)21-16(22)15-8-6-7-14(11-15)12-20-17(18-3)19-9-10-23-4/h6-8,11,13H,5,9-10,12H2,1-4H3,(H,21,22)(H2,18,19,20). The van der Waals surface area contributed by atoms with Crippen molar-refractivity contribution in [2.45, 2.75) is 32.9 Å². The van der Waals surface area contributed by atoms with Gasteiger partial charge in [0.25, 0.3) is 5.91 Å². The fourth-order valence-electron chi connectivity index (χ4n) is 1.91. The van der Waals surface area contributed by atoms with Gasteiger partial charge < -0.3 is 20.7 Å². The van der Waals surface area contributed by atoms with Crippen LogP contribution in [0.15, 0.2) is 29.3 Å². The SMILES string of the molecule is CCC(C)NC(=O)c1cccc(CNC(=NC)NCCOC)c1. The third-order valence-electron chi connectivity index (χ3n) is 3.46. The van der Waals surface area contributed by atoms with Gasteiger partial charge in [-0.1, -0.05) is 19.1 Å². The Hall–Kier alpha value is -2.08. The molecule has 1 atom stereocenters. The molecule has 3 N–H and O–H groups in total. The Balaban J connectivity index is 2.58. The number of carbonyl (C=O) groups is 1. The minimum absolute atomic E-state index is 0.0381. The van der Waals surface area contributed by atoms with Gasteiger partial charge in [0.05, 0.1) is 6.61 Å². The summed E-state index contributed by atoms with van der Waals surface area (Å²) in [7, 11) is 3.38. The van der Waals surface area contributed by atoms with Gasteiger partial charge in [-0.15, -0.1) is 0 Å². The molecule has 1 aromatic carbocycles. The zero-order valence-electron chi connectivity index (χ0n) is 14.5. The molecule has 128 valence electrons. The number of aliphatic imine (C=N–C) groups is 1. The number of amides is 1. The lowest BCUT2D eigenvalue weighted by atomic mass is 10.1. The van der Waals surface area contributed by atoms with E-state index in [4.69, 9.17) is 4.74 Å². The van der Waals surface area contributed by atoms with Crippen LogP contribution in [0, 0.1) is 0 Å². The van der Waals surface area contributed by atoms with E-state index >= 15 is 0 Å². The first-order valence-electron chi connectivity index (χ1n) is 7.94. The van der Waals surface area contributed by atoms with Crippen LogP contribution in [-0.4, -0.2) is 45.2 Å². The molecule has 0 saturated carbocycles. The Morgan fingerprint density at radius 2 is 2.13 bits per heavy atom. The second kappa shape index (κ2) is 10.6. The van der Waals surface area contributed by atoms with Crippen molar-refractivity contribution >= 4 is 11.9 Å². The van der Waals surface area contributed by atoms with Gasteiger partial charge in [0, 0.05) is 38.9 Å². The first-order chi connectivity index (χ1) is 11.1. The van der Waals surface area contributed by atoms with E-state index < -0.39 is 0 Å². The molecule has 1 unspecified atom stereocenters. The maximum atomic E-state index is 12.2. The smallest absolute Gasteiger partial charge is 0.251 e. The van der Waals surface area contributed by atoms with Crippen molar-refractivity contribution in [2.24, 2.45) is 4.99 Å². The van der Waals surface area contributed by atoms with E-state index in [0.717, 1.165) is 12.0 Å². The van der Waals surface area contributed by atoms with Gasteiger partial charge in [-0.05, 0) is 31.0 Å². The zero-order chi connectivity index (χ0) is 17.1. The number of ether oxygens (including phenoxy) is 1. The van der Waals surface area contributed by atoms with E-state index in [-0.39, 0.29) is 11.9 Å². The normalized spacial score (nSPS) is 12.6. The van der Waals surface area contributed by atoms with Gasteiger partial charge in [-0.25, -0.2) is 0 Å². The molecule has 6 nitrogen and oxygen atoms in total. The lowest BCUT2D eigenvalue weighted by Gasteiger charge is -2.13. The Labute approximate surface area is 138 Å². The first-order valence-corrected chi connectivity index (χ1v) is 7.94. The van der Waals surface area contributed by atoms with Crippen molar-refractivity contribution < 1.29 is 9.53 Å². The lowest BCUT2D eigenvalue weighted by molar-refractivity contribution is 0.0939.